The van der Waals surface area contributed by atoms with E-state index in [4.69, 9.17) is 4.74 Å². The van der Waals surface area contributed by atoms with Gasteiger partial charge in [-0.2, -0.15) is 4.98 Å². The molecule has 2 fully saturated rings. The molecule has 2 N–H and O–H groups in total. The van der Waals surface area contributed by atoms with Gasteiger partial charge in [-0.15, -0.1) is 0 Å². The number of hydrogen-bond acceptors (Lipinski definition) is 8. The Morgan fingerprint density at radius 3 is 2.93 bits per heavy atom. The highest BCUT2D eigenvalue weighted by Crippen LogP contribution is 2.29. The van der Waals surface area contributed by atoms with Crippen LogP contribution in [-0.4, -0.2) is 62.5 Å². The number of nitrogens with one attached hydrogen (secondary N) is 2. The summed E-state index contributed by atoms with van der Waals surface area (Å²) in [6.45, 7) is 3.85. The Bertz CT molecular complexity index is 1050. The summed E-state index contributed by atoms with van der Waals surface area (Å²) in [6, 6.07) is 1.03. The van der Waals surface area contributed by atoms with Gasteiger partial charge in [-0.1, -0.05) is 0 Å². The summed E-state index contributed by atoms with van der Waals surface area (Å²) < 4.78 is 7.05. The van der Waals surface area contributed by atoms with Gasteiger partial charge in [0.2, 0.25) is 5.65 Å². The molecular formula is C18H20N8O2. The van der Waals surface area contributed by atoms with Gasteiger partial charge in [-0.25, -0.2) is 15.0 Å². The fourth-order valence-corrected chi connectivity index (χ4v) is 3.84. The summed E-state index contributed by atoms with van der Waals surface area (Å²) in [4.78, 5) is 32.2. The van der Waals surface area contributed by atoms with Gasteiger partial charge in [-0.3, -0.25) is 9.20 Å². The maximum atomic E-state index is 12.6. The molecule has 28 heavy (non-hydrogen) atoms. The van der Waals surface area contributed by atoms with Crippen LogP contribution >= 0.6 is 0 Å². The monoisotopic (exact) mass is 380 g/mol. The molecule has 1 amide bonds. The Hall–Kier alpha value is -3.27. The normalized spacial score (nSPS) is 20.7. The Morgan fingerprint density at radius 1 is 1.29 bits per heavy atom. The van der Waals surface area contributed by atoms with Crippen LogP contribution in [0.3, 0.4) is 0 Å². The van der Waals surface area contributed by atoms with Crippen LogP contribution in [-0.2, 0) is 0 Å². The third-order valence-corrected chi connectivity index (χ3v) is 5.23. The van der Waals surface area contributed by atoms with Crippen LogP contribution in [0.2, 0.25) is 0 Å². The molecule has 0 aromatic carbocycles. The molecular weight excluding hydrogens is 360 g/mol. The van der Waals surface area contributed by atoms with Gasteiger partial charge in [0.15, 0.2) is 5.82 Å². The third-order valence-electron chi connectivity index (χ3n) is 5.23. The molecule has 2 saturated heterocycles. The predicted octanol–water partition coefficient (Wildman–Crippen LogP) is 0.639. The van der Waals surface area contributed by atoms with Gasteiger partial charge in [0.05, 0.1) is 31.4 Å². The van der Waals surface area contributed by atoms with E-state index in [1.807, 2.05) is 13.1 Å². The van der Waals surface area contributed by atoms with E-state index in [-0.39, 0.29) is 11.6 Å². The molecule has 10 nitrogen and oxygen atoms in total. The van der Waals surface area contributed by atoms with E-state index >= 15 is 0 Å². The average molecular weight is 380 g/mol. The van der Waals surface area contributed by atoms with Crippen LogP contribution in [0.1, 0.15) is 22.6 Å². The zero-order chi connectivity index (χ0) is 19.3. The molecule has 2 unspecified atom stereocenters. The lowest BCUT2D eigenvalue weighted by molar-refractivity contribution is 0.102. The van der Waals surface area contributed by atoms with E-state index in [1.165, 1.54) is 13.3 Å². The first-order valence-electron chi connectivity index (χ1n) is 9.16. The number of anilines is 2. The molecule has 5 heterocycles. The van der Waals surface area contributed by atoms with Crippen molar-refractivity contribution in [2.45, 2.75) is 25.4 Å². The Balaban J connectivity index is 1.33. The lowest BCUT2D eigenvalue weighted by Gasteiger charge is -2.44. The van der Waals surface area contributed by atoms with Crippen LogP contribution in [0, 0.1) is 6.92 Å². The summed E-state index contributed by atoms with van der Waals surface area (Å²) >= 11 is 0. The Labute approximate surface area is 161 Å². The van der Waals surface area contributed by atoms with E-state index in [0.29, 0.717) is 29.4 Å². The number of aryl methyl sites for hydroxylation is 1. The second-order valence-corrected chi connectivity index (χ2v) is 7.03. The number of aromatic nitrogens is 5. The van der Waals surface area contributed by atoms with E-state index in [1.54, 1.807) is 16.8 Å². The minimum Gasteiger partial charge on any atom is -0.478 e. The predicted molar refractivity (Wildman–Crippen MR) is 102 cm³/mol. The molecule has 2 aliphatic rings. The molecule has 5 rings (SSSR count). The zero-order valence-electron chi connectivity index (χ0n) is 15.6. The van der Waals surface area contributed by atoms with E-state index < -0.39 is 0 Å². The van der Waals surface area contributed by atoms with Crippen molar-refractivity contribution in [3.8, 4) is 5.88 Å². The van der Waals surface area contributed by atoms with Crippen molar-refractivity contribution < 1.29 is 9.53 Å². The molecule has 3 aromatic heterocycles. The summed E-state index contributed by atoms with van der Waals surface area (Å²) in [7, 11) is 1.52. The number of fused-ring (bicyclic) bond motifs is 2. The third kappa shape index (κ3) is 2.73. The van der Waals surface area contributed by atoms with Crippen molar-refractivity contribution >= 4 is 23.2 Å². The first-order chi connectivity index (χ1) is 13.6. The van der Waals surface area contributed by atoms with Crippen LogP contribution in [0.4, 0.5) is 11.6 Å². The number of nitrogens with zero attached hydrogens (tertiary/aromatic N) is 6. The van der Waals surface area contributed by atoms with E-state index in [0.717, 1.165) is 31.0 Å². The summed E-state index contributed by atoms with van der Waals surface area (Å²) in [5.74, 6) is 1.11. The molecule has 0 bridgehead atoms. The highest BCUT2D eigenvalue weighted by atomic mass is 16.5. The van der Waals surface area contributed by atoms with Crippen molar-refractivity contribution in [2.75, 3.05) is 30.4 Å². The SMILES string of the molecule is COc1nc(NC(=O)c2cnc(N3CC4NCCC43)cn2)cn2cc(C)nc12. The van der Waals surface area contributed by atoms with Gasteiger partial charge < -0.3 is 20.3 Å². The van der Waals surface area contributed by atoms with Crippen molar-refractivity contribution in [1.29, 1.82) is 0 Å². The summed E-state index contributed by atoms with van der Waals surface area (Å²) in [6.07, 6.45) is 7.78. The van der Waals surface area contributed by atoms with Gasteiger partial charge in [0.1, 0.15) is 11.5 Å². The molecule has 2 aliphatic heterocycles. The Morgan fingerprint density at radius 2 is 2.18 bits per heavy atom. The van der Waals surface area contributed by atoms with Gasteiger partial charge in [0, 0.05) is 24.8 Å². The number of hydrogen-bond donors (Lipinski definition) is 2. The second kappa shape index (κ2) is 6.41. The number of amides is 1. The smallest absolute Gasteiger partial charge is 0.277 e. The highest BCUT2D eigenvalue weighted by Gasteiger charge is 2.42. The highest BCUT2D eigenvalue weighted by molar-refractivity contribution is 6.02. The molecule has 10 heteroatoms. The van der Waals surface area contributed by atoms with Crippen molar-refractivity contribution in [3.63, 3.8) is 0 Å². The molecule has 2 atom stereocenters. The molecule has 0 spiro atoms. The standard InChI is InChI=1S/C18H20N8O2/c1-10-7-25-9-14(24-18(28-2)16(25)22-10)23-17(27)11-5-21-15(6-20-11)26-8-12-13(26)3-4-19-12/h5-7,9,12-13,19H,3-4,8H2,1-2H3,(H,23,27). The quantitative estimate of drug-likeness (QED) is 0.679. The molecule has 0 radical (unpaired) electrons. The van der Waals surface area contributed by atoms with Crippen LogP contribution in [0.5, 0.6) is 5.88 Å². The molecule has 144 valence electrons. The first kappa shape index (κ1) is 16.9. The Kier molecular flexibility index (Phi) is 3.86. The van der Waals surface area contributed by atoms with Gasteiger partial charge >= 0.3 is 0 Å². The van der Waals surface area contributed by atoms with Gasteiger partial charge in [-0.05, 0) is 19.9 Å². The lowest BCUT2D eigenvalue weighted by atomic mass is 9.98. The van der Waals surface area contributed by atoms with Gasteiger partial charge in [0.25, 0.3) is 11.8 Å². The number of imidazole rings is 1. The summed E-state index contributed by atoms with van der Waals surface area (Å²) in [5.41, 5.74) is 1.65. The fraction of sp³-hybridized carbons (Fsp3) is 0.389. The second-order valence-electron chi connectivity index (χ2n) is 7.03. The zero-order valence-corrected chi connectivity index (χ0v) is 15.6. The lowest BCUT2D eigenvalue weighted by Crippen LogP contribution is -2.61. The van der Waals surface area contributed by atoms with E-state index in [2.05, 4.69) is 35.5 Å². The first-order valence-corrected chi connectivity index (χ1v) is 9.16. The van der Waals surface area contributed by atoms with E-state index in [9.17, 15) is 4.79 Å². The number of methoxy groups -OCH3 is 1. The van der Waals surface area contributed by atoms with Crippen molar-refractivity contribution in [1.82, 2.24) is 29.7 Å². The largest absolute Gasteiger partial charge is 0.478 e. The fourth-order valence-electron chi connectivity index (χ4n) is 3.84. The average Bonchev–Trinajstić information content (AvgIpc) is 3.23. The number of rotatable bonds is 4. The van der Waals surface area contributed by atoms with Crippen molar-refractivity contribution in [2.24, 2.45) is 0 Å². The molecule has 0 aliphatic carbocycles. The van der Waals surface area contributed by atoms with Crippen LogP contribution < -0.4 is 20.3 Å². The topological polar surface area (TPSA) is 110 Å². The van der Waals surface area contributed by atoms with Crippen molar-refractivity contribution in [3.05, 3.63) is 36.2 Å². The molecule has 3 aromatic rings. The maximum Gasteiger partial charge on any atom is 0.277 e. The van der Waals surface area contributed by atoms with Crippen LogP contribution in [0.25, 0.3) is 5.65 Å². The minimum atomic E-state index is -0.381. The number of carbonyl (C=O) groups excluding carboxylic acids is 1. The maximum absolute atomic E-state index is 12.6. The number of carbonyl (C=O) groups is 1. The molecule has 0 saturated carbocycles. The number of ether oxygens (including phenoxy) is 1. The summed E-state index contributed by atoms with van der Waals surface area (Å²) in [5, 5.41) is 6.20. The minimum absolute atomic E-state index is 0.230. The van der Waals surface area contributed by atoms with Crippen LogP contribution in [0.15, 0.2) is 24.8 Å².